The second-order valence-electron chi connectivity index (χ2n) is 2.35. The summed E-state index contributed by atoms with van der Waals surface area (Å²) in [7, 11) is 1.50. The molecule has 0 fully saturated rings. The molecule has 0 bridgehead atoms. The van der Waals surface area contributed by atoms with Crippen molar-refractivity contribution in [3.63, 3.8) is 0 Å². The molecule has 1 atom stereocenters. The van der Waals surface area contributed by atoms with Gasteiger partial charge in [0, 0.05) is 13.7 Å². The van der Waals surface area contributed by atoms with Gasteiger partial charge in [-0.3, -0.25) is 4.79 Å². The molecule has 0 aromatic carbocycles. The number of aliphatic hydroxyl groups is 1. The predicted molar refractivity (Wildman–Crippen MR) is 45.7 cm³/mol. The number of nitrogens with one attached hydrogen (secondary N) is 1. The van der Waals surface area contributed by atoms with Crippen LogP contribution in [0.3, 0.4) is 0 Å². The van der Waals surface area contributed by atoms with Crippen molar-refractivity contribution < 1.29 is 14.6 Å². The summed E-state index contributed by atoms with van der Waals surface area (Å²) in [5.41, 5.74) is 0. The number of amides is 1. The average Bonchev–Trinajstić information content (AvgIpc) is 2.02. The maximum atomic E-state index is 10.8. The highest BCUT2D eigenvalue weighted by atomic mass is 16.5. The van der Waals surface area contributed by atoms with E-state index in [1.807, 2.05) is 0 Å². The lowest BCUT2D eigenvalue weighted by Crippen LogP contribution is -2.33. The van der Waals surface area contributed by atoms with Crippen molar-refractivity contribution in [2.45, 2.75) is 13.0 Å². The molecule has 12 heavy (non-hydrogen) atoms. The molecule has 0 aromatic rings. The molecule has 0 rings (SSSR count). The largest absolute Gasteiger partial charge is 0.389 e. The highest BCUT2D eigenvalue weighted by Crippen LogP contribution is 1.81. The maximum Gasteiger partial charge on any atom is 0.243 e. The van der Waals surface area contributed by atoms with Crippen molar-refractivity contribution in [2.75, 3.05) is 20.3 Å². The maximum absolute atomic E-state index is 10.8. The number of ether oxygens (including phenoxy) is 1. The fourth-order valence-electron chi connectivity index (χ4n) is 0.680. The number of rotatable bonds is 5. The third-order valence-corrected chi connectivity index (χ3v) is 1.19. The first-order chi connectivity index (χ1) is 5.70. The van der Waals surface area contributed by atoms with Gasteiger partial charge in [-0.05, 0) is 13.0 Å². The lowest BCUT2D eigenvalue weighted by Gasteiger charge is -2.08. The average molecular weight is 173 g/mol. The molecule has 70 valence electrons. The number of carbonyl (C=O) groups is 1. The Balaban J connectivity index is 3.46. The van der Waals surface area contributed by atoms with Crippen LogP contribution in [-0.2, 0) is 9.53 Å². The molecule has 0 saturated carbocycles. The molecule has 0 aromatic heterocycles. The van der Waals surface area contributed by atoms with Crippen molar-refractivity contribution in [3.8, 4) is 0 Å². The summed E-state index contributed by atoms with van der Waals surface area (Å²) in [6, 6.07) is 0. The van der Waals surface area contributed by atoms with E-state index < -0.39 is 6.10 Å². The molecule has 0 radical (unpaired) electrons. The molecule has 0 aliphatic rings. The van der Waals surface area contributed by atoms with Crippen molar-refractivity contribution in [2.24, 2.45) is 0 Å². The van der Waals surface area contributed by atoms with E-state index >= 15 is 0 Å². The number of carbonyl (C=O) groups excluding carboxylic acids is 1. The molecule has 4 heteroatoms. The van der Waals surface area contributed by atoms with Crippen LogP contribution in [0, 0.1) is 0 Å². The quantitative estimate of drug-likeness (QED) is 0.560. The van der Waals surface area contributed by atoms with Gasteiger partial charge in [0.1, 0.15) is 0 Å². The zero-order valence-corrected chi connectivity index (χ0v) is 7.41. The van der Waals surface area contributed by atoms with E-state index in [0.29, 0.717) is 0 Å². The van der Waals surface area contributed by atoms with Crippen molar-refractivity contribution in [1.29, 1.82) is 0 Å². The lowest BCUT2D eigenvalue weighted by atomic mass is 10.3. The molecular formula is C8H15NO3. The Morgan fingerprint density at radius 1 is 1.75 bits per heavy atom. The van der Waals surface area contributed by atoms with E-state index in [2.05, 4.69) is 10.1 Å². The van der Waals surface area contributed by atoms with Crippen LogP contribution in [0.5, 0.6) is 0 Å². The molecule has 0 spiro atoms. The van der Waals surface area contributed by atoms with E-state index in [-0.39, 0.29) is 19.1 Å². The molecular weight excluding hydrogens is 158 g/mol. The van der Waals surface area contributed by atoms with Gasteiger partial charge in [0.2, 0.25) is 5.91 Å². The predicted octanol–water partition coefficient (Wildman–Crippen LogP) is -0.314. The van der Waals surface area contributed by atoms with E-state index in [1.165, 1.54) is 13.2 Å². The van der Waals surface area contributed by atoms with E-state index in [4.69, 9.17) is 5.11 Å². The van der Waals surface area contributed by atoms with E-state index in [1.54, 1.807) is 13.0 Å². The lowest BCUT2D eigenvalue weighted by molar-refractivity contribution is -0.117. The Morgan fingerprint density at radius 3 is 2.92 bits per heavy atom. The van der Waals surface area contributed by atoms with E-state index in [0.717, 1.165) is 0 Å². The summed E-state index contributed by atoms with van der Waals surface area (Å²) in [5, 5.41) is 11.6. The smallest absolute Gasteiger partial charge is 0.243 e. The SMILES string of the molecule is CC=CC(=O)NCC(O)COC. The summed E-state index contributed by atoms with van der Waals surface area (Å²) in [4.78, 5) is 10.8. The first-order valence-corrected chi connectivity index (χ1v) is 3.78. The van der Waals surface area contributed by atoms with Crippen LogP contribution in [0.1, 0.15) is 6.92 Å². The third kappa shape index (κ3) is 5.88. The molecule has 1 amide bonds. The van der Waals surface area contributed by atoms with Gasteiger partial charge in [-0.25, -0.2) is 0 Å². The summed E-state index contributed by atoms with van der Waals surface area (Å²) in [6.45, 7) is 2.21. The Hall–Kier alpha value is -0.870. The number of hydrogen-bond donors (Lipinski definition) is 2. The molecule has 2 N–H and O–H groups in total. The van der Waals surface area contributed by atoms with Crippen LogP contribution in [0.4, 0.5) is 0 Å². The van der Waals surface area contributed by atoms with Gasteiger partial charge < -0.3 is 15.2 Å². The second-order valence-corrected chi connectivity index (χ2v) is 2.35. The summed E-state index contributed by atoms with van der Waals surface area (Å²) < 4.78 is 4.68. The van der Waals surface area contributed by atoms with E-state index in [9.17, 15) is 4.79 Å². The first-order valence-electron chi connectivity index (χ1n) is 3.78. The fraction of sp³-hybridized carbons (Fsp3) is 0.625. The molecule has 4 nitrogen and oxygen atoms in total. The van der Waals surface area contributed by atoms with Gasteiger partial charge >= 0.3 is 0 Å². The Bertz CT molecular complexity index is 156. The molecule has 0 heterocycles. The van der Waals surface area contributed by atoms with Gasteiger partial charge in [-0.15, -0.1) is 0 Å². The van der Waals surface area contributed by atoms with Crippen LogP contribution in [0.2, 0.25) is 0 Å². The number of methoxy groups -OCH3 is 1. The zero-order valence-electron chi connectivity index (χ0n) is 7.41. The topological polar surface area (TPSA) is 58.6 Å². The zero-order chi connectivity index (χ0) is 9.40. The van der Waals surface area contributed by atoms with Crippen LogP contribution in [0.15, 0.2) is 12.2 Å². The van der Waals surface area contributed by atoms with Crippen molar-refractivity contribution >= 4 is 5.91 Å². The van der Waals surface area contributed by atoms with Crippen LogP contribution in [0.25, 0.3) is 0 Å². The third-order valence-electron chi connectivity index (χ3n) is 1.19. The van der Waals surface area contributed by atoms with Crippen LogP contribution < -0.4 is 5.32 Å². The fourth-order valence-corrected chi connectivity index (χ4v) is 0.680. The number of allylic oxidation sites excluding steroid dienone is 1. The Kier molecular flexibility index (Phi) is 6.32. The highest BCUT2D eigenvalue weighted by molar-refractivity contribution is 5.87. The molecule has 0 aliphatic heterocycles. The highest BCUT2D eigenvalue weighted by Gasteiger charge is 2.03. The normalized spacial score (nSPS) is 13.2. The van der Waals surface area contributed by atoms with Gasteiger partial charge in [0.05, 0.1) is 12.7 Å². The summed E-state index contributed by atoms with van der Waals surface area (Å²) in [5.74, 6) is -0.201. The first kappa shape index (κ1) is 11.1. The standard InChI is InChI=1S/C8H15NO3/c1-3-4-8(11)9-5-7(10)6-12-2/h3-4,7,10H,5-6H2,1-2H3,(H,9,11). The Morgan fingerprint density at radius 2 is 2.42 bits per heavy atom. The summed E-state index contributed by atoms with van der Waals surface area (Å²) in [6.07, 6.45) is 2.40. The second kappa shape index (κ2) is 6.82. The minimum absolute atomic E-state index is 0.201. The minimum Gasteiger partial charge on any atom is -0.389 e. The number of aliphatic hydroxyl groups excluding tert-OH is 1. The van der Waals surface area contributed by atoms with Gasteiger partial charge in [-0.1, -0.05) is 6.08 Å². The molecule has 0 aliphatic carbocycles. The molecule has 0 saturated heterocycles. The Labute approximate surface area is 72.2 Å². The van der Waals surface area contributed by atoms with Crippen molar-refractivity contribution in [3.05, 3.63) is 12.2 Å². The van der Waals surface area contributed by atoms with Gasteiger partial charge in [0.15, 0.2) is 0 Å². The van der Waals surface area contributed by atoms with Crippen LogP contribution in [-0.4, -0.2) is 37.4 Å². The summed E-state index contributed by atoms with van der Waals surface area (Å²) >= 11 is 0. The van der Waals surface area contributed by atoms with Crippen LogP contribution >= 0.6 is 0 Å². The van der Waals surface area contributed by atoms with Gasteiger partial charge in [0.25, 0.3) is 0 Å². The minimum atomic E-state index is -0.635. The monoisotopic (exact) mass is 173 g/mol. The molecule has 1 unspecified atom stereocenters. The number of hydrogen-bond acceptors (Lipinski definition) is 3. The van der Waals surface area contributed by atoms with Gasteiger partial charge in [-0.2, -0.15) is 0 Å². The van der Waals surface area contributed by atoms with Crippen molar-refractivity contribution in [1.82, 2.24) is 5.32 Å².